The molecule has 148 valence electrons. The van der Waals surface area contributed by atoms with Crippen molar-refractivity contribution < 1.29 is 4.79 Å². The molecule has 4 nitrogen and oxygen atoms in total. The Kier molecular flexibility index (Phi) is 6.95. The van der Waals surface area contributed by atoms with Crippen molar-refractivity contribution in [3.05, 3.63) is 41.0 Å². The van der Waals surface area contributed by atoms with Crippen LogP contribution in [-0.2, 0) is 4.79 Å². The molecule has 0 aromatic heterocycles. The largest absolute Gasteiger partial charge is 0.369 e. The molecule has 1 amide bonds. The second-order valence-corrected chi connectivity index (χ2v) is 8.07. The zero-order valence-electron chi connectivity index (χ0n) is 17.3. The fourth-order valence-electron chi connectivity index (χ4n) is 4.22. The van der Waals surface area contributed by atoms with Crippen molar-refractivity contribution in [2.45, 2.75) is 58.9 Å². The minimum Gasteiger partial charge on any atom is -0.369 e. The lowest BCUT2D eigenvalue weighted by Crippen LogP contribution is -2.54. The predicted molar refractivity (Wildman–Crippen MR) is 113 cm³/mol. The van der Waals surface area contributed by atoms with Crippen molar-refractivity contribution in [2.75, 3.05) is 37.6 Å². The molecule has 0 unspecified atom stereocenters. The Labute approximate surface area is 164 Å². The Morgan fingerprint density at radius 3 is 2.63 bits per heavy atom. The lowest BCUT2D eigenvalue weighted by atomic mass is 9.97. The second kappa shape index (κ2) is 9.41. The number of carbonyl (C=O) groups is 1. The Hall–Kier alpha value is -1.81. The van der Waals surface area contributed by atoms with E-state index in [1.54, 1.807) is 0 Å². The molecule has 1 fully saturated rings. The number of piperazine rings is 1. The minimum atomic E-state index is -0.0499. The molecule has 1 aromatic carbocycles. The zero-order chi connectivity index (χ0) is 19.2. The van der Waals surface area contributed by atoms with Crippen molar-refractivity contribution in [1.82, 2.24) is 10.2 Å². The smallest absolute Gasteiger partial charge is 0.237 e. The number of benzene rings is 1. The molecule has 3 rings (SSSR count). The van der Waals surface area contributed by atoms with Gasteiger partial charge in [-0.3, -0.25) is 9.69 Å². The maximum atomic E-state index is 12.5. The molecule has 1 aromatic rings. The van der Waals surface area contributed by atoms with Gasteiger partial charge < -0.3 is 10.2 Å². The maximum absolute atomic E-state index is 12.5. The van der Waals surface area contributed by atoms with Gasteiger partial charge in [0.05, 0.1) is 6.04 Å². The number of hydrogen-bond acceptors (Lipinski definition) is 3. The zero-order valence-corrected chi connectivity index (χ0v) is 17.3. The van der Waals surface area contributed by atoms with Gasteiger partial charge in [-0.25, -0.2) is 0 Å². The molecular formula is C23H35N3O. The molecule has 1 heterocycles. The summed E-state index contributed by atoms with van der Waals surface area (Å²) in [4.78, 5) is 17.3. The van der Waals surface area contributed by atoms with Gasteiger partial charge >= 0.3 is 0 Å². The fourth-order valence-corrected chi connectivity index (χ4v) is 4.22. The van der Waals surface area contributed by atoms with E-state index in [-0.39, 0.29) is 11.9 Å². The Bertz CT molecular complexity index is 674. The van der Waals surface area contributed by atoms with Gasteiger partial charge in [-0.1, -0.05) is 23.8 Å². The van der Waals surface area contributed by atoms with Crippen molar-refractivity contribution in [3.8, 4) is 0 Å². The second-order valence-electron chi connectivity index (χ2n) is 8.07. The van der Waals surface area contributed by atoms with E-state index in [1.807, 2.05) is 6.92 Å². The van der Waals surface area contributed by atoms with Gasteiger partial charge in [0, 0.05) is 38.4 Å². The van der Waals surface area contributed by atoms with Crippen molar-refractivity contribution in [3.63, 3.8) is 0 Å². The maximum Gasteiger partial charge on any atom is 0.237 e. The topological polar surface area (TPSA) is 35.6 Å². The van der Waals surface area contributed by atoms with Crippen LogP contribution >= 0.6 is 0 Å². The highest BCUT2D eigenvalue weighted by molar-refractivity contribution is 5.81. The van der Waals surface area contributed by atoms with Crippen LogP contribution in [0.2, 0.25) is 0 Å². The molecule has 1 aliphatic heterocycles. The van der Waals surface area contributed by atoms with Crippen LogP contribution in [0.5, 0.6) is 0 Å². The number of anilines is 1. The van der Waals surface area contributed by atoms with E-state index in [4.69, 9.17) is 0 Å². The highest BCUT2D eigenvalue weighted by Gasteiger charge is 2.26. The molecule has 4 heteroatoms. The monoisotopic (exact) mass is 369 g/mol. The molecule has 1 N–H and O–H groups in total. The number of amides is 1. The Morgan fingerprint density at radius 1 is 1.15 bits per heavy atom. The summed E-state index contributed by atoms with van der Waals surface area (Å²) in [7, 11) is 0. The molecule has 0 radical (unpaired) electrons. The van der Waals surface area contributed by atoms with Crippen LogP contribution in [0.4, 0.5) is 5.69 Å². The quantitative estimate of drug-likeness (QED) is 0.774. The highest BCUT2D eigenvalue weighted by Crippen LogP contribution is 2.24. The first kappa shape index (κ1) is 19.9. The summed E-state index contributed by atoms with van der Waals surface area (Å²) in [6.45, 7) is 11.0. The third kappa shape index (κ3) is 5.13. The number of hydrogen-bond donors (Lipinski definition) is 1. The lowest BCUT2D eigenvalue weighted by molar-refractivity contribution is -0.125. The molecule has 0 saturated carbocycles. The van der Waals surface area contributed by atoms with Crippen LogP contribution in [0.1, 0.15) is 50.2 Å². The highest BCUT2D eigenvalue weighted by atomic mass is 16.2. The number of aryl methyl sites for hydroxylation is 1. The summed E-state index contributed by atoms with van der Waals surface area (Å²) in [5.41, 5.74) is 5.58. The van der Waals surface area contributed by atoms with Crippen LogP contribution < -0.4 is 10.2 Å². The first-order valence-corrected chi connectivity index (χ1v) is 10.6. The van der Waals surface area contributed by atoms with Gasteiger partial charge in [-0.05, 0) is 70.1 Å². The van der Waals surface area contributed by atoms with Crippen LogP contribution in [0.25, 0.3) is 0 Å². The van der Waals surface area contributed by atoms with E-state index in [0.717, 1.165) is 39.1 Å². The average Bonchev–Trinajstić information content (AvgIpc) is 2.70. The van der Waals surface area contributed by atoms with Gasteiger partial charge in [-0.15, -0.1) is 0 Å². The average molecular weight is 370 g/mol. The minimum absolute atomic E-state index is 0.0499. The number of carbonyl (C=O) groups excluding carboxylic acids is 1. The molecule has 1 saturated heterocycles. The fraction of sp³-hybridized carbons (Fsp3) is 0.609. The number of allylic oxidation sites excluding steroid dienone is 1. The predicted octanol–water partition coefficient (Wildman–Crippen LogP) is 3.82. The van der Waals surface area contributed by atoms with E-state index in [0.29, 0.717) is 0 Å². The van der Waals surface area contributed by atoms with Gasteiger partial charge in [0.2, 0.25) is 5.91 Å². The molecular weight excluding hydrogens is 334 g/mol. The number of nitrogens with one attached hydrogen (secondary N) is 1. The molecule has 0 spiro atoms. The van der Waals surface area contributed by atoms with Crippen LogP contribution in [0.15, 0.2) is 29.8 Å². The molecule has 1 aliphatic carbocycles. The van der Waals surface area contributed by atoms with Gasteiger partial charge in [0.15, 0.2) is 0 Å². The summed E-state index contributed by atoms with van der Waals surface area (Å²) < 4.78 is 0. The van der Waals surface area contributed by atoms with Gasteiger partial charge in [0.25, 0.3) is 0 Å². The summed E-state index contributed by atoms with van der Waals surface area (Å²) in [6.07, 6.45) is 8.43. The van der Waals surface area contributed by atoms with Crippen molar-refractivity contribution >= 4 is 11.6 Å². The standard InChI is InChI=1S/C23H35N3O/c1-18-8-7-11-22(19(18)2)26-16-14-25(15-17-26)20(3)23(27)24-13-12-21-9-5-4-6-10-21/h7-9,11,20H,4-6,10,12-17H2,1-3H3,(H,24,27)/t20-/m1/s1. The van der Waals surface area contributed by atoms with E-state index in [9.17, 15) is 4.79 Å². The van der Waals surface area contributed by atoms with Crippen LogP contribution in [0.3, 0.4) is 0 Å². The third-order valence-electron chi connectivity index (χ3n) is 6.29. The van der Waals surface area contributed by atoms with E-state index in [2.05, 4.69) is 53.2 Å². The molecule has 27 heavy (non-hydrogen) atoms. The normalized spacial score (nSPS) is 19.5. The lowest BCUT2D eigenvalue weighted by Gasteiger charge is -2.39. The Morgan fingerprint density at radius 2 is 1.93 bits per heavy atom. The van der Waals surface area contributed by atoms with E-state index >= 15 is 0 Å². The molecule has 2 aliphatic rings. The summed E-state index contributed by atoms with van der Waals surface area (Å²) in [5.74, 6) is 0.173. The summed E-state index contributed by atoms with van der Waals surface area (Å²) in [5, 5.41) is 3.15. The Balaban J connectivity index is 1.44. The first-order valence-electron chi connectivity index (χ1n) is 10.6. The van der Waals surface area contributed by atoms with Gasteiger partial charge in [0.1, 0.15) is 0 Å². The molecule has 0 bridgehead atoms. The number of rotatable bonds is 6. The number of nitrogens with zero attached hydrogens (tertiary/aromatic N) is 2. The summed E-state index contributed by atoms with van der Waals surface area (Å²) >= 11 is 0. The van der Waals surface area contributed by atoms with Crippen molar-refractivity contribution in [2.24, 2.45) is 0 Å². The SMILES string of the molecule is Cc1cccc(N2CCN([C@H](C)C(=O)NCCC3=CCCCC3)CC2)c1C. The van der Waals surface area contributed by atoms with Crippen molar-refractivity contribution in [1.29, 1.82) is 0 Å². The van der Waals surface area contributed by atoms with Crippen LogP contribution in [-0.4, -0.2) is 49.6 Å². The third-order valence-corrected chi connectivity index (χ3v) is 6.29. The van der Waals surface area contributed by atoms with Gasteiger partial charge in [-0.2, -0.15) is 0 Å². The van der Waals surface area contributed by atoms with E-state index < -0.39 is 0 Å². The molecule has 1 atom stereocenters. The van der Waals surface area contributed by atoms with E-state index in [1.165, 1.54) is 48.1 Å². The first-order chi connectivity index (χ1) is 13.1. The summed E-state index contributed by atoms with van der Waals surface area (Å²) in [6, 6.07) is 6.48. The van der Waals surface area contributed by atoms with Crippen LogP contribution in [0, 0.1) is 13.8 Å².